The molecule has 2 N–H and O–H groups in total. The number of benzene rings is 2. The Morgan fingerprint density at radius 2 is 2.00 bits per heavy atom. The van der Waals surface area contributed by atoms with Gasteiger partial charge in [0.1, 0.15) is 6.07 Å². The second-order valence-corrected chi connectivity index (χ2v) is 9.10. The smallest absolute Gasteiger partial charge is 0.229 e. The summed E-state index contributed by atoms with van der Waals surface area (Å²) in [6, 6.07) is 17.5. The van der Waals surface area contributed by atoms with E-state index < -0.39 is 11.0 Å². The number of fused-ring (bicyclic) bond motifs is 1. The number of anilines is 3. The average Bonchev–Trinajstić information content (AvgIpc) is 3.27. The minimum atomic E-state index is -1.71. The molecular formula is C23H22N8OS. The van der Waals surface area contributed by atoms with Gasteiger partial charge in [-0.05, 0) is 43.3 Å². The Kier molecular flexibility index (Phi) is 5.73. The Morgan fingerprint density at radius 3 is 2.79 bits per heavy atom. The van der Waals surface area contributed by atoms with Gasteiger partial charge in [-0.15, -0.1) is 0 Å². The van der Waals surface area contributed by atoms with Gasteiger partial charge in [0.15, 0.2) is 16.6 Å². The van der Waals surface area contributed by atoms with Crippen molar-refractivity contribution in [2.75, 3.05) is 29.9 Å². The molecule has 5 rings (SSSR count). The summed E-state index contributed by atoms with van der Waals surface area (Å²) in [5.41, 5.74) is 2.79. The molecular weight excluding hydrogens is 436 g/mol. The molecule has 166 valence electrons. The van der Waals surface area contributed by atoms with E-state index in [0.717, 1.165) is 25.3 Å². The van der Waals surface area contributed by atoms with Crippen molar-refractivity contribution >= 4 is 39.3 Å². The monoisotopic (exact) mass is 458 g/mol. The third-order valence-corrected chi connectivity index (χ3v) is 6.80. The van der Waals surface area contributed by atoms with Crippen LogP contribution in [0.4, 0.5) is 17.3 Å². The summed E-state index contributed by atoms with van der Waals surface area (Å²) < 4.78 is 14.5. The molecule has 0 aliphatic carbocycles. The Labute approximate surface area is 193 Å². The third kappa shape index (κ3) is 4.28. The van der Waals surface area contributed by atoms with Crippen LogP contribution in [0.3, 0.4) is 0 Å². The summed E-state index contributed by atoms with van der Waals surface area (Å²) in [4.78, 5) is 11.6. The van der Waals surface area contributed by atoms with Crippen LogP contribution >= 0.6 is 0 Å². The van der Waals surface area contributed by atoms with Crippen LogP contribution in [-0.4, -0.2) is 49.0 Å². The van der Waals surface area contributed by atoms with Gasteiger partial charge in [0.25, 0.3) is 0 Å². The number of hydrogen-bond acceptors (Lipinski definition) is 8. The Morgan fingerprint density at radius 1 is 1.18 bits per heavy atom. The Balaban J connectivity index is 1.39. The zero-order valence-corrected chi connectivity index (χ0v) is 18.8. The maximum absolute atomic E-state index is 13.2. The van der Waals surface area contributed by atoms with Crippen LogP contribution in [0.5, 0.6) is 0 Å². The van der Waals surface area contributed by atoms with Gasteiger partial charge in [-0.2, -0.15) is 19.4 Å². The van der Waals surface area contributed by atoms with Crippen molar-refractivity contribution in [2.24, 2.45) is 0 Å². The molecule has 0 radical (unpaired) electrons. The molecule has 33 heavy (non-hydrogen) atoms. The van der Waals surface area contributed by atoms with Gasteiger partial charge in [0.2, 0.25) is 5.95 Å². The number of hydrogen-bond donors (Lipinski definition) is 2. The predicted molar refractivity (Wildman–Crippen MR) is 128 cm³/mol. The van der Waals surface area contributed by atoms with Crippen LogP contribution in [0.15, 0.2) is 65.8 Å². The predicted octanol–water partition coefficient (Wildman–Crippen LogP) is 2.81. The summed E-state index contributed by atoms with van der Waals surface area (Å²) >= 11 is 0. The van der Waals surface area contributed by atoms with Crippen LogP contribution in [0.2, 0.25) is 0 Å². The highest BCUT2D eigenvalue weighted by Gasteiger charge is 2.18. The zero-order valence-electron chi connectivity index (χ0n) is 18.0. The van der Waals surface area contributed by atoms with Crippen LogP contribution in [-0.2, 0) is 11.0 Å². The number of rotatable bonds is 5. The number of aromatic nitrogens is 4. The highest BCUT2D eigenvalue weighted by Crippen LogP contribution is 2.23. The first-order chi connectivity index (χ1) is 16.1. The zero-order chi connectivity index (χ0) is 22.8. The van der Waals surface area contributed by atoms with Gasteiger partial charge in [-0.1, -0.05) is 12.1 Å². The Hall–Kier alpha value is -3.81. The van der Waals surface area contributed by atoms with Crippen LogP contribution in [0.1, 0.15) is 12.5 Å². The second-order valence-electron chi connectivity index (χ2n) is 7.82. The summed E-state index contributed by atoms with van der Waals surface area (Å²) in [5, 5.41) is 20.9. The molecule has 9 nitrogen and oxygen atoms in total. The van der Waals surface area contributed by atoms with E-state index in [-0.39, 0.29) is 0 Å². The molecule has 0 amide bonds. The fourth-order valence-electron chi connectivity index (χ4n) is 3.83. The normalized spacial score (nSPS) is 17.0. The van der Waals surface area contributed by atoms with Gasteiger partial charge in [0, 0.05) is 43.2 Å². The van der Waals surface area contributed by atoms with Gasteiger partial charge in [-0.25, -0.2) is 9.19 Å². The van der Waals surface area contributed by atoms with Gasteiger partial charge < -0.3 is 15.5 Å². The maximum atomic E-state index is 13.2. The molecule has 0 spiro atoms. The van der Waals surface area contributed by atoms with E-state index >= 15 is 0 Å². The minimum Gasteiger partial charge on any atom is -0.369 e. The van der Waals surface area contributed by atoms with E-state index in [4.69, 9.17) is 0 Å². The highest BCUT2D eigenvalue weighted by molar-refractivity contribution is 7.83. The number of nitrogens with one attached hydrogen (secondary N) is 2. The van der Waals surface area contributed by atoms with Gasteiger partial charge in [0.05, 0.1) is 22.0 Å². The van der Waals surface area contributed by atoms with E-state index in [1.807, 2.05) is 12.1 Å². The van der Waals surface area contributed by atoms with Crippen molar-refractivity contribution in [3.63, 3.8) is 0 Å². The fraction of sp³-hybridized carbons (Fsp3) is 0.217. The summed E-state index contributed by atoms with van der Waals surface area (Å²) in [6.07, 6.45) is 3.20. The molecule has 2 atom stereocenters. The number of nitriles is 1. The van der Waals surface area contributed by atoms with E-state index in [0.29, 0.717) is 33.5 Å². The van der Waals surface area contributed by atoms with Crippen molar-refractivity contribution in [1.29, 1.82) is 5.26 Å². The fourth-order valence-corrected chi connectivity index (χ4v) is 4.95. The molecule has 0 saturated carbocycles. The van der Waals surface area contributed by atoms with Crippen LogP contribution < -0.4 is 15.5 Å². The molecule has 1 aliphatic heterocycles. The highest BCUT2D eigenvalue weighted by atomic mass is 32.2. The lowest BCUT2D eigenvalue weighted by molar-refractivity contribution is 0.485. The molecule has 2 aromatic heterocycles. The largest absolute Gasteiger partial charge is 0.369 e. The summed E-state index contributed by atoms with van der Waals surface area (Å²) in [6.45, 7) is 5.12. The van der Waals surface area contributed by atoms with E-state index in [1.165, 1.54) is 9.77 Å². The number of nitrogens with zero attached hydrogens (tertiary/aromatic N) is 6. The lowest BCUT2D eigenvalue weighted by Gasteiger charge is -2.33. The average molecular weight is 459 g/mol. The summed E-state index contributed by atoms with van der Waals surface area (Å²) in [7, 11) is -1.71. The van der Waals surface area contributed by atoms with Crippen LogP contribution in [0, 0.1) is 11.3 Å². The molecule has 2 aromatic carbocycles. The standard InChI is InChI=1S/C23H22N8OS/c1-16-15-30(11-10-25-16)20-8-6-19(7-9-20)28-23-26-13-18-14-27-31(22(18)29-23)33(32)21-5-3-2-4-17(21)12-24/h2-9,13-14,16,25H,10-11,15H2,1H3,(H,26,28,29)/t16-,33?/m0/s1. The molecule has 1 fully saturated rings. The lowest BCUT2D eigenvalue weighted by atomic mass is 10.2. The van der Waals surface area contributed by atoms with Crippen molar-refractivity contribution in [3.05, 3.63) is 66.5 Å². The second kappa shape index (κ2) is 8.97. The minimum absolute atomic E-state index is 0.339. The molecule has 1 aliphatic rings. The third-order valence-electron chi connectivity index (χ3n) is 5.49. The number of piperazine rings is 1. The first-order valence-corrected chi connectivity index (χ1v) is 11.7. The molecule has 3 heterocycles. The van der Waals surface area contributed by atoms with Gasteiger partial charge >= 0.3 is 0 Å². The van der Waals surface area contributed by atoms with E-state index in [9.17, 15) is 9.47 Å². The van der Waals surface area contributed by atoms with E-state index in [2.05, 4.69) is 55.7 Å². The SMILES string of the molecule is C[C@H]1CN(c2ccc(Nc3ncc4cnn(S(=O)c5ccccc5C#N)c4n3)cc2)CCN1. The quantitative estimate of drug-likeness (QED) is 0.470. The van der Waals surface area contributed by atoms with Crippen molar-refractivity contribution in [1.82, 2.24) is 24.5 Å². The topological polar surface area (TPSA) is 112 Å². The molecule has 1 unspecified atom stereocenters. The van der Waals surface area contributed by atoms with Gasteiger partial charge in [-0.3, -0.25) is 0 Å². The molecule has 1 saturated heterocycles. The van der Waals surface area contributed by atoms with Crippen LogP contribution in [0.25, 0.3) is 11.0 Å². The Bertz CT molecular complexity index is 1360. The molecule has 4 aromatic rings. The van der Waals surface area contributed by atoms with Crippen molar-refractivity contribution in [2.45, 2.75) is 17.9 Å². The first-order valence-electron chi connectivity index (χ1n) is 10.6. The molecule has 10 heteroatoms. The first kappa shape index (κ1) is 21.1. The lowest BCUT2D eigenvalue weighted by Crippen LogP contribution is -2.49. The molecule has 0 bridgehead atoms. The van der Waals surface area contributed by atoms with Crippen molar-refractivity contribution in [3.8, 4) is 6.07 Å². The maximum Gasteiger partial charge on any atom is 0.229 e. The summed E-state index contributed by atoms with van der Waals surface area (Å²) in [5.74, 6) is 0.373. The van der Waals surface area contributed by atoms with E-state index in [1.54, 1.807) is 36.7 Å². The van der Waals surface area contributed by atoms with Crippen molar-refractivity contribution < 1.29 is 4.21 Å².